The Morgan fingerprint density at radius 3 is 2.59 bits per heavy atom. The van der Waals surface area contributed by atoms with E-state index in [9.17, 15) is 8.42 Å². The van der Waals surface area contributed by atoms with Gasteiger partial charge in [-0.25, -0.2) is 8.42 Å². The number of piperidine rings is 1. The predicted molar refractivity (Wildman–Crippen MR) is 71.8 cm³/mol. The highest BCUT2D eigenvalue weighted by Crippen LogP contribution is 2.20. The van der Waals surface area contributed by atoms with E-state index in [4.69, 9.17) is 0 Å². The van der Waals surface area contributed by atoms with Gasteiger partial charge in [0.2, 0.25) is 0 Å². The zero-order valence-corrected chi connectivity index (χ0v) is 11.9. The van der Waals surface area contributed by atoms with Gasteiger partial charge in [0.25, 0.3) is 0 Å². The van der Waals surface area contributed by atoms with Gasteiger partial charge in [0.15, 0.2) is 9.84 Å². The van der Waals surface area contributed by atoms with Crippen LogP contribution in [0.4, 0.5) is 0 Å². The van der Waals surface area contributed by atoms with E-state index in [1.807, 2.05) is 0 Å². The Morgan fingerprint density at radius 2 is 2.00 bits per heavy atom. The lowest BCUT2D eigenvalue weighted by Crippen LogP contribution is -2.33. The lowest BCUT2D eigenvalue weighted by atomic mass is 10.0. The van der Waals surface area contributed by atoms with Gasteiger partial charge >= 0.3 is 0 Å². The van der Waals surface area contributed by atoms with Gasteiger partial charge in [-0.2, -0.15) is 0 Å². The fraction of sp³-hybridized carbons (Fsp3) is 0.500. The van der Waals surface area contributed by atoms with Crippen molar-refractivity contribution in [3.63, 3.8) is 0 Å². The van der Waals surface area contributed by atoms with Crippen molar-refractivity contribution in [2.24, 2.45) is 5.92 Å². The molecule has 5 heteroatoms. The van der Waals surface area contributed by atoms with Crippen LogP contribution in [0.1, 0.15) is 12.8 Å². The molecule has 1 saturated heterocycles. The molecule has 1 atom stereocenters. The quantitative estimate of drug-likeness (QED) is 0.929. The number of hydrogen-bond donors (Lipinski definition) is 1. The van der Waals surface area contributed by atoms with Crippen molar-refractivity contribution in [2.45, 2.75) is 17.7 Å². The first-order valence-corrected chi connectivity index (χ1v) is 8.21. The lowest BCUT2D eigenvalue weighted by molar-refractivity contribution is 0.404. The van der Waals surface area contributed by atoms with Gasteiger partial charge in [0.1, 0.15) is 0 Å². The Bertz CT molecular complexity index is 464. The van der Waals surface area contributed by atoms with Crippen LogP contribution in [0.5, 0.6) is 0 Å². The Labute approximate surface area is 111 Å². The van der Waals surface area contributed by atoms with Gasteiger partial charge in [-0.1, -0.05) is 15.9 Å². The zero-order chi connectivity index (χ0) is 12.3. The normalized spacial score (nSPS) is 21.4. The van der Waals surface area contributed by atoms with Crippen LogP contribution < -0.4 is 5.32 Å². The van der Waals surface area contributed by atoms with Crippen molar-refractivity contribution >= 4 is 25.8 Å². The highest BCUT2D eigenvalue weighted by molar-refractivity contribution is 9.10. The monoisotopic (exact) mass is 317 g/mol. The van der Waals surface area contributed by atoms with E-state index in [0.29, 0.717) is 4.90 Å². The molecule has 0 bridgehead atoms. The predicted octanol–water partition coefficient (Wildman–Crippen LogP) is 2.22. The molecule has 0 saturated carbocycles. The summed E-state index contributed by atoms with van der Waals surface area (Å²) in [5.74, 6) is 0.499. The number of sulfone groups is 1. The van der Waals surface area contributed by atoms with Crippen molar-refractivity contribution in [1.82, 2.24) is 5.32 Å². The smallest absolute Gasteiger partial charge is 0.178 e. The third-order valence-electron chi connectivity index (χ3n) is 3.03. The zero-order valence-electron chi connectivity index (χ0n) is 9.52. The average Bonchev–Trinajstić information content (AvgIpc) is 2.30. The molecule has 1 aliphatic rings. The van der Waals surface area contributed by atoms with Gasteiger partial charge in [0.05, 0.1) is 10.6 Å². The summed E-state index contributed by atoms with van der Waals surface area (Å²) < 4.78 is 25.2. The van der Waals surface area contributed by atoms with Crippen molar-refractivity contribution in [3.05, 3.63) is 28.7 Å². The number of hydrogen-bond acceptors (Lipinski definition) is 3. The van der Waals surface area contributed by atoms with Gasteiger partial charge < -0.3 is 5.32 Å². The van der Waals surface area contributed by atoms with Crippen LogP contribution in [-0.4, -0.2) is 27.3 Å². The molecule has 1 aromatic rings. The van der Waals surface area contributed by atoms with Crippen LogP contribution in [-0.2, 0) is 9.84 Å². The number of benzene rings is 1. The highest BCUT2D eigenvalue weighted by Gasteiger charge is 2.22. The Balaban J connectivity index is 2.10. The van der Waals surface area contributed by atoms with Crippen LogP contribution in [0, 0.1) is 5.92 Å². The summed E-state index contributed by atoms with van der Waals surface area (Å²) in [6.45, 7) is 1.82. The third kappa shape index (κ3) is 3.53. The van der Waals surface area contributed by atoms with E-state index in [1.54, 1.807) is 24.3 Å². The molecule has 94 valence electrons. The standard InChI is InChI=1S/C12H16BrNO2S/c13-11-3-5-12(6-4-11)17(15,16)9-10-2-1-7-14-8-10/h3-6,10,14H,1-2,7-9H2/t10-/m0/s1. The molecule has 0 spiro atoms. The van der Waals surface area contributed by atoms with Crippen LogP contribution in [0.25, 0.3) is 0 Å². The summed E-state index contributed by atoms with van der Waals surface area (Å²) in [5, 5.41) is 3.25. The minimum Gasteiger partial charge on any atom is -0.316 e. The molecule has 2 rings (SSSR count). The molecule has 0 unspecified atom stereocenters. The second kappa shape index (κ2) is 5.50. The fourth-order valence-corrected chi connectivity index (χ4v) is 4.03. The molecule has 1 N–H and O–H groups in total. The van der Waals surface area contributed by atoms with E-state index in [0.717, 1.165) is 30.4 Å². The SMILES string of the molecule is O=S(=O)(C[C@H]1CCCNC1)c1ccc(Br)cc1. The summed E-state index contributed by atoms with van der Waals surface area (Å²) in [6.07, 6.45) is 2.07. The van der Waals surface area contributed by atoms with Crippen LogP contribution >= 0.6 is 15.9 Å². The van der Waals surface area contributed by atoms with Gasteiger partial charge in [-0.05, 0) is 56.1 Å². The Morgan fingerprint density at radius 1 is 1.29 bits per heavy atom. The molecule has 0 aliphatic carbocycles. The van der Waals surface area contributed by atoms with Crippen molar-refractivity contribution in [1.29, 1.82) is 0 Å². The largest absolute Gasteiger partial charge is 0.316 e. The maximum absolute atomic E-state index is 12.2. The molecule has 1 aromatic carbocycles. The molecular formula is C12H16BrNO2S. The second-order valence-corrected chi connectivity index (χ2v) is 7.40. The van der Waals surface area contributed by atoms with E-state index < -0.39 is 9.84 Å². The molecule has 1 aliphatic heterocycles. The summed E-state index contributed by atoms with van der Waals surface area (Å²) in [5.41, 5.74) is 0. The van der Waals surface area contributed by atoms with Gasteiger partial charge in [-0.3, -0.25) is 0 Å². The van der Waals surface area contributed by atoms with Crippen molar-refractivity contribution in [2.75, 3.05) is 18.8 Å². The van der Waals surface area contributed by atoms with Gasteiger partial charge in [0, 0.05) is 4.47 Å². The topological polar surface area (TPSA) is 46.2 Å². The molecule has 1 heterocycles. The summed E-state index contributed by atoms with van der Waals surface area (Å²) >= 11 is 3.31. The third-order valence-corrected chi connectivity index (χ3v) is 5.46. The molecule has 0 amide bonds. The minimum atomic E-state index is -3.14. The second-order valence-electron chi connectivity index (χ2n) is 4.45. The highest BCUT2D eigenvalue weighted by atomic mass is 79.9. The Kier molecular flexibility index (Phi) is 4.22. The van der Waals surface area contributed by atoms with Crippen molar-refractivity contribution in [3.8, 4) is 0 Å². The lowest BCUT2D eigenvalue weighted by Gasteiger charge is -2.22. The number of nitrogens with one attached hydrogen (secondary N) is 1. The fourth-order valence-electron chi connectivity index (χ4n) is 2.11. The van der Waals surface area contributed by atoms with Crippen LogP contribution in [0.3, 0.4) is 0 Å². The first-order chi connectivity index (χ1) is 8.08. The molecule has 0 radical (unpaired) electrons. The first kappa shape index (κ1) is 13.1. The van der Waals surface area contributed by atoms with E-state index in [1.165, 1.54) is 0 Å². The molecule has 3 nitrogen and oxygen atoms in total. The summed E-state index contributed by atoms with van der Waals surface area (Å²) in [4.78, 5) is 0.422. The maximum atomic E-state index is 12.2. The number of halogens is 1. The molecule has 1 fully saturated rings. The molecular weight excluding hydrogens is 302 g/mol. The summed E-state index contributed by atoms with van der Waals surface area (Å²) in [7, 11) is -3.14. The van der Waals surface area contributed by atoms with E-state index in [2.05, 4.69) is 21.2 Å². The van der Waals surface area contributed by atoms with E-state index >= 15 is 0 Å². The Hall–Kier alpha value is -0.390. The maximum Gasteiger partial charge on any atom is 0.178 e. The molecule has 17 heavy (non-hydrogen) atoms. The number of rotatable bonds is 3. The first-order valence-electron chi connectivity index (χ1n) is 5.77. The minimum absolute atomic E-state index is 0.248. The average molecular weight is 318 g/mol. The van der Waals surface area contributed by atoms with Crippen molar-refractivity contribution < 1.29 is 8.42 Å². The summed E-state index contributed by atoms with van der Waals surface area (Å²) in [6, 6.07) is 6.86. The van der Waals surface area contributed by atoms with Gasteiger partial charge in [-0.15, -0.1) is 0 Å². The van der Waals surface area contributed by atoms with E-state index in [-0.39, 0.29) is 11.7 Å². The molecule has 0 aromatic heterocycles. The van der Waals surface area contributed by atoms with Crippen LogP contribution in [0.2, 0.25) is 0 Å². The van der Waals surface area contributed by atoms with Crippen LogP contribution in [0.15, 0.2) is 33.6 Å².